The van der Waals surface area contributed by atoms with Crippen molar-refractivity contribution in [3.63, 3.8) is 0 Å². The fourth-order valence-electron chi connectivity index (χ4n) is 6.79. The van der Waals surface area contributed by atoms with E-state index in [0.29, 0.717) is 38.8 Å². The van der Waals surface area contributed by atoms with Crippen LogP contribution in [0.1, 0.15) is 38.5 Å². The maximum atomic E-state index is 14.6. The number of ether oxygens (including phenoxy) is 1. The van der Waals surface area contributed by atoms with E-state index in [1.54, 1.807) is 33.7 Å². The Balaban J connectivity index is 1.51. The number of nitrogens with zero attached hydrogens (tertiary/aromatic N) is 2. The predicted molar refractivity (Wildman–Crippen MR) is 159 cm³/mol. The molecule has 3 fully saturated rings. The maximum Gasteiger partial charge on any atom is 0.310 e. The number of carbonyl (C=O) groups excluding carboxylic acids is 3. The number of aliphatic hydroxyl groups is 1. The molecule has 3 saturated heterocycles. The van der Waals surface area contributed by atoms with Gasteiger partial charge in [-0.15, -0.1) is 24.9 Å². The van der Waals surface area contributed by atoms with Crippen molar-refractivity contribution in [1.29, 1.82) is 0 Å². The van der Waals surface area contributed by atoms with E-state index in [4.69, 9.17) is 4.74 Å². The van der Waals surface area contributed by atoms with Crippen LogP contribution in [0.15, 0.2) is 67.8 Å². The number of amides is 2. The monoisotopic (exact) mass is 562 g/mol. The molecular weight excluding hydrogens is 524 g/mol. The van der Waals surface area contributed by atoms with Crippen molar-refractivity contribution in [3.05, 3.63) is 67.8 Å². The minimum Gasteiger partial charge on any atom is -0.465 e. The molecule has 5 rings (SSSR count). The summed E-state index contributed by atoms with van der Waals surface area (Å²) < 4.78 is 4.91. The molecule has 212 valence electrons. The molecule has 5 atom stereocenters. The molecule has 8 heteroatoms. The van der Waals surface area contributed by atoms with Crippen molar-refractivity contribution in [2.24, 2.45) is 11.8 Å². The van der Waals surface area contributed by atoms with Gasteiger partial charge in [0.25, 0.3) is 5.91 Å². The summed E-state index contributed by atoms with van der Waals surface area (Å²) in [4.78, 5) is 45.5. The minimum atomic E-state index is -0.688. The lowest BCUT2D eigenvalue weighted by molar-refractivity contribution is -0.154. The first-order valence-electron chi connectivity index (χ1n) is 14.2. The Morgan fingerprint density at radius 3 is 2.67 bits per heavy atom. The highest BCUT2D eigenvalue weighted by atomic mass is 32.2. The summed E-state index contributed by atoms with van der Waals surface area (Å²) in [6.07, 6.45) is 7.53. The molecule has 3 heterocycles. The van der Waals surface area contributed by atoms with E-state index in [1.807, 2.05) is 42.5 Å². The summed E-state index contributed by atoms with van der Waals surface area (Å²) in [6.45, 7) is 8.66. The summed E-state index contributed by atoms with van der Waals surface area (Å²) in [5, 5.41) is 11.3. The number of aliphatic hydroxyl groups excluding tert-OH is 1. The first kappa shape index (κ1) is 28.4. The van der Waals surface area contributed by atoms with Crippen LogP contribution in [-0.4, -0.2) is 70.1 Å². The molecule has 3 aliphatic rings. The van der Waals surface area contributed by atoms with E-state index in [0.717, 1.165) is 29.3 Å². The second kappa shape index (κ2) is 12.2. The lowest BCUT2D eigenvalue weighted by atomic mass is 9.71. The molecule has 0 saturated carbocycles. The molecule has 0 aliphatic carbocycles. The smallest absolute Gasteiger partial charge is 0.310 e. The molecule has 1 N–H and O–H groups in total. The standard InChI is InChI=1S/C32H38N2O5S/c1-3-5-20-39-31(38)26-25-15-16-32(40-25)27(26)29(36)34(18-9-6-10-19-35)28(32)30(37)33(17-4-2)24-14-13-22-11-7-8-12-23(22)21-24/h3-4,7-8,11-14,21,25-28,35H,1-2,5-6,9-10,15-20H2/t25-,26+,27+,28?,32?/m1/s1. The molecular formula is C32H38N2O5S. The fraction of sp³-hybridized carbons (Fsp3) is 0.469. The summed E-state index contributed by atoms with van der Waals surface area (Å²) in [7, 11) is 0. The number of hydrogen-bond donors (Lipinski definition) is 1. The molecule has 0 aromatic heterocycles. The molecule has 0 radical (unpaired) electrons. The quantitative estimate of drug-likeness (QED) is 0.216. The van der Waals surface area contributed by atoms with Crippen LogP contribution in [0.2, 0.25) is 0 Å². The zero-order valence-corrected chi connectivity index (χ0v) is 23.7. The summed E-state index contributed by atoms with van der Waals surface area (Å²) in [5.74, 6) is -1.74. The van der Waals surface area contributed by atoms with Gasteiger partial charge in [-0.1, -0.05) is 42.5 Å². The van der Waals surface area contributed by atoms with Gasteiger partial charge in [-0.05, 0) is 61.4 Å². The zero-order valence-electron chi connectivity index (χ0n) is 22.9. The van der Waals surface area contributed by atoms with Crippen molar-refractivity contribution in [2.45, 2.75) is 54.6 Å². The molecule has 1 spiro atoms. The van der Waals surface area contributed by atoms with E-state index in [2.05, 4.69) is 13.2 Å². The molecule has 7 nitrogen and oxygen atoms in total. The third-order valence-electron chi connectivity index (χ3n) is 8.55. The van der Waals surface area contributed by atoms with Gasteiger partial charge in [0, 0.05) is 30.6 Å². The van der Waals surface area contributed by atoms with Crippen LogP contribution < -0.4 is 4.90 Å². The van der Waals surface area contributed by atoms with Crippen LogP contribution in [0.4, 0.5) is 5.69 Å². The average Bonchev–Trinajstić information content (AvgIpc) is 3.61. The summed E-state index contributed by atoms with van der Waals surface area (Å²) in [6, 6.07) is 13.3. The van der Waals surface area contributed by atoms with Gasteiger partial charge >= 0.3 is 5.97 Å². The van der Waals surface area contributed by atoms with Crippen molar-refractivity contribution >= 4 is 46.0 Å². The number of anilines is 1. The van der Waals surface area contributed by atoms with Crippen LogP contribution in [-0.2, 0) is 19.1 Å². The van der Waals surface area contributed by atoms with Gasteiger partial charge in [-0.25, -0.2) is 0 Å². The molecule has 2 bridgehead atoms. The Hall–Kier alpha value is -3.10. The molecule has 40 heavy (non-hydrogen) atoms. The Morgan fingerprint density at radius 2 is 1.93 bits per heavy atom. The SMILES string of the molecule is C=CCCOC(=O)[C@@H]1[C@H]2C(=O)N(CCCCCO)C(C(=O)N(CC=C)c3ccc4ccccc4c3)C23CC[C@H]1S3. The molecule has 2 aromatic rings. The van der Waals surface area contributed by atoms with Crippen molar-refractivity contribution < 1.29 is 24.2 Å². The molecule has 2 amide bonds. The fourth-order valence-corrected chi connectivity index (χ4v) is 9.00. The van der Waals surface area contributed by atoms with Gasteiger partial charge in [0.2, 0.25) is 5.91 Å². The van der Waals surface area contributed by atoms with E-state index in [9.17, 15) is 19.5 Å². The lowest BCUT2D eigenvalue weighted by Gasteiger charge is -2.37. The second-order valence-corrected chi connectivity index (χ2v) is 12.5. The molecule has 3 aliphatic heterocycles. The van der Waals surface area contributed by atoms with Crippen LogP contribution >= 0.6 is 11.8 Å². The highest BCUT2D eigenvalue weighted by Crippen LogP contribution is 2.66. The highest BCUT2D eigenvalue weighted by molar-refractivity contribution is 8.02. The number of rotatable bonds is 13. The van der Waals surface area contributed by atoms with Crippen LogP contribution in [0.25, 0.3) is 10.8 Å². The number of likely N-dealkylation sites (tertiary alicyclic amines) is 1. The normalized spacial score (nSPS) is 26.6. The number of unbranched alkanes of at least 4 members (excludes halogenated alkanes) is 2. The minimum absolute atomic E-state index is 0.0365. The molecule has 2 aromatic carbocycles. The van der Waals surface area contributed by atoms with Gasteiger partial charge in [0.1, 0.15) is 6.04 Å². The van der Waals surface area contributed by atoms with Crippen LogP contribution in [0, 0.1) is 11.8 Å². The Bertz CT molecular complexity index is 1300. The summed E-state index contributed by atoms with van der Waals surface area (Å²) in [5.41, 5.74) is 0.758. The summed E-state index contributed by atoms with van der Waals surface area (Å²) >= 11 is 1.65. The largest absolute Gasteiger partial charge is 0.465 e. The third kappa shape index (κ3) is 4.96. The first-order valence-corrected chi connectivity index (χ1v) is 15.1. The van der Waals surface area contributed by atoms with Crippen LogP contribution in [0.5, 0.6) is 0 Å². The van der Waals surface area contributed by atoms with E-state index >= 15 is 0 Å². The Morgan fingerprint density at radius 1 is 1.12 bits per heavy atom. The Labute approximate surface area is 240 Å². The van der Waals surface area contributed by atoms with Gasteiger partial charge in [0.05, 0.1) is 23.2 Å². The van der Waals surface area contributed by atoms with Crippen molar-refractivity contribution in [2.75, 3.05) is 31.2 Å². The van der Waals surface area contributed by atoms with Gasteiger partial charge < -0.3 is 19.6 Å². The molecule has 2 unspecified atom stereocenters. The third-order valence-corrected chi connectivity index (χ3v) is 10.5. The van der Waals surface area contributed by atoms with E-state index < -0.39 is 22.6 Å². The number of esters is 1. The van der Waals surface area contributed by atoms with E-state index in [-0.39, 0.29) is 36.2 Å². The highest BCUT2D eigenvalue weighted by Gasteiger charge is 2.74. The predicted octanol–water partition coefficient (Wildman–Crippen LogP) is 4.73. The topological polar surface area (TPSA) is 87.1 Å². The number of carbonyl (C=O) groups is 3. The Kier molecular flexibility index (Phi) is 8.66. The first-order chi connectivity index (χ1) is 19.5. The van der Waals surface area contributed by atoms with Gasteiger partial charge in [-0.3, -0.25) is 14.4 Å². The van der Waals surface area contributed by atoms with Crippen molar-refractivity contribution in [1.82, 2.24) is 4.90 Å². The number of benzene rings is 2. The van der Waals surface area contributed by atoms with Crippen molar-refractivity contribution in [3.8, 4) is 0 Å². The number of thioether (sulfide) groups is 1. The second-order valence-electron chi connectivity index (χ2n) is 10.9. The lowest BCUT2D eigenvalue weighted by Crippen LogP contribution is -2.55. The van der Waals surface area contributed by atoms with Crippen LogP contribution in [0.3, 0.4) is 0 Å². The van der Waals surface area contributed by atoms with Gasteiger partial charge in [0.15, 0.2) is 0 Å². The zero-order chi connectivity index (χ0) is 28.3. The van der Waals surface area contributed by atoms with E-state index in [1.165, 1.54) is 0 Å². The maximum absolute atomic E-state index is 14.6. The number of hydrogen-bond acceptors (Lipinski definition) is 6. The van der Waals surface area contributed by atoms with Gasteiger partial charge in [-0.2, -0.15) is 0 Å². The average molecular weight is 563 g/mol. The number of fused-ring (bicyclic) bond motifs is 2.